The Balaban J connectivity index is 2.07. The van der Waals surface area contributed by atoms with Crippen LogP contribution in [0.4, 0.5) is 0 Å². The molecule has 0 aliphatic carbocycles. The van der Waals surface area contributed by atoms with Gasteiger partial charge in [0, 0.05) is 12.7 Å². The van der Waals surface area contributed by atoms with E-state index in [1.807, 2.05) is 12.1 Å². The van der Waals surface area contributed by atoms with Gasteiger partial charge in [-0.1, -0.05) is 32.9 Å². The van der Waals surface area contributed by atoms with Gasteiger partial charge in [-0.15, -0.1) is 0 Å². The Morgan fingerprint density at radius 2 is 2.00 bits per heavy atom. The summed E-state index contributed by atoms with van der Waals surface area (Å²) in [5.41, 5.74) is 2.55. The number of nitrogens with zero attached hydrogens (tertiary/aromatic N) is 1. The molecule has 0 bridgehead atoms. The number of hydrogen-bond donors (Lipinski definition) is 2. The van der Waals surface area contributed by atoms with E-state index in [0.717, 1.165) is 38.3 Å². The van der Waals surface area contributed by atoms with E-state index >= 15 is 0 Å². The minimum atomic E-state index is -0.223. The van der Waals surface area contributed by atoms with Crippen LogP contribution in [0.1, 0.15) is 44.9 Å². The fourth-order valence-electron chi connectivity index (χ4n) is 3.22. The highest BCUT2D eigenvalue weighted by Crippen LogP contribution is 2.14. The maximum atomic E-state index is 10.1. The van der Waals surface area contributed by atoms with Crippen molar-refractivity contribution in [3.8, 4) is 5.75 Å². The molecule has 4 heteroatoms. The van der Waals surface area contributed by atoms with Crippen LogP contribution in [0.2, 0.25) is 0 Å². The maximum Gasteiger partial charge on any atom is 0.119 e. The van der Waals surface area contributed by atoms with Crippen LogP contribution in [0.5, 0.6) is 5.75 Å². The number of hydrogen-bond acceptors (Lipinski definition) is 2. The first-order valence-electron chi connectivity index (χ1n) is 9.80. The second kappa shape index (κ2) is 10.4. The average Bonchev–Trinajstić information content (AvgIpc) is 3.06. The van der Waals surface area contributed by atoms with E-state index in [9.17, 15) is 5.11 Å². The molecule has 2 atom stereocenters. The molecule has 1 heterocycles. The standard InChI is InChI=1S/C22H34N2O2/c1-5-21(25)17-23(13-11-18(2)3)16-20-9-7-12-24(20)15-19-8-6-10-22(14-19)26-4/h6-10,12,14,18,21,25H,5,11,13,15-17H2,1-4H3/p+1/t21-/m0/s1. The molecule has 0 saturated carbocycles. The monoisotopic (exact) mass is 359 g/mol. The van der Waals surface area contributed by atoms with E-state index in [-0.39, 0.29) is 6.10 Å². The van der Waals surface area contributed by atoms with E-state index < -0.39 is 0 Å². The van der Waals surface area contributed by atoms with Crippen LogP contribution in [0.25, 0.3) is 0 Å². The second-order valence-electron chi connectivity index (χ2n) is 7.60. The van der Waals surface area contributed by atoms with Gasteiger partial charge in [0.25, 0.3) is 0 Å². The van der Waals surface area contributed by atoms with Crippen LogP contribution in [0.15, 0.2) is 42.6 Å². The number of nitrogens with one attached hydrogen (secondary N) is 1. The quantitative estimate of drug-likeness (QED) is 0.647. The first kappa shape index (κ1) is 20.5. The van der Waals surface area contributed by atoms with Crippen LogP contribution < -0.4 is 9.64 Å². The minimum Gasteiger partial charge on any atom is -0.497 e. The zero-order chi connectivity index (χ0) is 18.9. The van der Waals surface area contributed by atoms with Crippen LogP contribution in [0.3, 0.4) is 0 Å². The van der Waals surface area contributed by atoms with Gasteiger partial charge in [0.05, 0.1) is 19.3 Å². The van der Waals surface area contributed by atoms with Gasteiger partial charge in [0.15, 0.2) is 0 Å². The summed E-state index contributed by atoms with van der Waals surface area (Å²) in [6, 6.07) is 12.6. The molecule has 0 spiro atoms. The molecule has 0 aliphatic heterocycles. The van der Waals surface area contributed by atoms with Crippen molar-refractivity contribution < 1.29 is 14.7 Å². The van der Waals surface area contributed by atoms with Gasteiger partial charge in [0.1, 0.15) is 24.9 Å². The Morgan fingerprint density at radius 3 is 2.69 bits per heavy atom. The first-order valence-corrected chi connectivity index (χ1v) is 9.80. The number of aliphatic hydroxyl groups is 1. The third-order valence-corrected chi connectivity index (χ3v) is 4.91. The Labute approximate surface area is 158 Å². The van der Waals surface area contributed by atoms with Gasteiger partial charge in [-0.25, -0.2) is 0 Å². The number of quaternary nitrogens is 1. The average molecular weight is 360 g/mol. The van der Waals surface area contributed by atoms with E-state index in [1.54, 1.807) is 7.11 Å². The summed E-state index contributed by atoms with van der Waals surface area (Å²) in [7, 11) is 1.70. The van der Waals surface area contributed by atoms with Crippen LogP contribution in [-0.4, -0.2) is 36.0 Å². The molecule has 2 rings (SSSR count). The van der Waals surface area contributed by atoms with Crippen molar-refractivity contribution in [2.75, 3.05) is 20.2 Å². The van der Waals surface area contributed by atoms with Crippen molar-refractivity contribution in [2.24, 2.45) is 5.92 Å². The molecule has 0 aliphatic rings. The van der Waals surface area contributed by atoms with Crippen LogP contribution in [0, 0.1) is 5.92 Å². The summed E-state index contributed by atoms with van der Waals surface area (Å²) >= 11 is 0. The van der Waals surface area contributed by atoms with Crippen molar-refractivity contribution in [3.05, 3.63) is 53.9 Å². The summed E-state index contributed by atoms with van der Waals surface area (Å²) in [6.07, 6.45) is 3.92. The van der Waals surface area contributed by atoms with Crippen molar-refractivity contribution in [1.82, 2.24) is 4.57 Å². The van der Waals surface area contributed by atoms with Crippen molar-refractivity contribution >= 4 is 0 Å². The predicted molar refractivity (Wildman–Crippen MR) is 107 cm³/mol. The van der Waals surface area contributed by atoms with Gasteiger partial charge in [-0.3, -0.25) is 0 Å². The lowest BCUT2D eigenvalue weighted by atomic mass is 10.1. The molecule has 1 aromatic carbocycles. The third-order valence-electron chi connectivity index (χ3n) is 4.91. The summed E-state index contributed by atoms with van der Waals surface area (Å²) in [6.45, 7) is 10.3. The lowest BCUT2D eigenvalue weighted by Crippen LogP contribution is -3.12. The molecular formula is C22H35N2O2+. The highest BCUT2D eigenvalue weighted by Gasteiger charge is 2.17. The zero-order valence-electron chi connectivity index (χ0n) is 16.7. The van der Waals surface area contributed by atoms with Gasteiger partial charge < -0.3 is 19.3 Å². The molecule has 0 amide bonds. The Bertz CT molecular complexity index is 651. The first-order chi connectivity index (χ1) is 12.5. The summed E-state index contributed by atoms with van der Waals surface area (Å²) in [5.74, 6) is 1.58. The van der Waals surface area contributed by atoms with E-state index in [1.165, 1.54) is 22.6 Å². The Hall–Kier alpha value is -1.78. The fraction of sp³-hybridized carbons (Fsp3) is 0.545. The maximum absolute atomic E-state index is 10.1. The molecule has 1 aromatic heterocycles. The highest BCUT2D eigenvalue weighted by molar-refractivity contribution is 5.29. The molecular weight excluding hydrogens is 324 g/mol. The van der Waals surface area contributed by atoms with Crippen molar-refractivity contribution in [1.29, 1.82) is 0 Å². The number of ether oxygens (including phenoxy) is 1. The van der Waals surface area contributed by atoms with Gasteiger partial charge in [0.2, 0.25) is 0 Å². The minimum absolute atomic E-state index is 0.223. The topological polar surface area (TPSA) is 38.8 Å². The van der Waals surface area contributed by atoms with Crippen molar-refractivity contribution in [2.45, 2.75) is 52.8 Å². The summed E-state index contributed by atoms with van der Waals surface area (Å²) < 4.78 is 7.65. The lowest BCUT2D eigenvalue weighted by Gasteiger charge is -2.23. The van der Waals surface area contributed by atoms with E-state index in [0.29, 0.717) is 5.92 Å². The van der Waals surface area contributed by atoms with Crippen LogP contribution >= 0.6 is 0 Å². The molecule has 2 N–H and O–H groups in total. The molecule has 0 fully saturated rings. The van der Waals surface area contributed by atoms with Crippen LogP contribution in [-0.2, 0) is 13.1 Å². The largest absolute Gasteiger partial charge is 0.497 e. The lowest BCUT2D eigenvalue weighted by molar-refractivity contribution is -0.917. The molecule has 26 heavy (non-hydrogen) atoms. The van der Waals surface area contributed by atoms with Gasteiger partial charge in [-0.05, 0) is 48.6 Å². The molecule has 0 saturated heterocycles. The van der Waals surface area contributed by atoms with E-state index in [2.05, 4.69) is 55.8 Å². The SMILES string of the molecule is CC[C@H](O)C[NH+](CCC(C)C)Cc1cccn1Cc1cccc(OC)c1. The molecule has 2 aromatic rings. The molecule has 0 radical (unpaired) electrons. The van der Waals surface area contributed by atoms with Gasteiger partial charge in [-0.2, -0.15) is 0 Å². The number of aromatic nitrogens is 1. The third kappa shape index (κ3) is 6.50. The van der Waals surface area contributed by atoms with Gasteiger partial charge >= 0.3 is 0 Å². The molecule has 144 valence electrons. The number of rotatable bonds is 11. The normalized spacial score (nSPS) is 13.8. The fourth-order valence-corrected chi connectivity index (χ4v) is 3.22. The molecule has 1 unspecified atom stereocenters. The zero-order valence-corrected chi connectivity index (χ0v) is 16.7. The number of aliphatic hydroxyl groups excluding tert-OH is 1. The second-order valence-corrected chi connectivity index (χ2v) is 7.60. The summed E-state index contributed by atoms with van der Waals surface area (Å²) in [5, 5.41) is 10.1. The Kier molecular flexibility index (Phi) is 8.20. The Morgan fingerprint density at radius 1 is 1.19 bits per heavy atom. The highest BCUT2D eigenvalue weighted by atomic mass is 16.5. The predicted octanol–water partition coefficient (Wildman–Crippen LogP) is 2.75. The van der Waals surface area contributed by atoms with Crippen molar-refractivity contribution in [3.63, 3.8) is 0 Å². The summed E-state index contributed by atoms with van der Waals surface area (Å²) in [4.78, 5) is 1.46. The number of methoxy groups -OCH3 is 1. The molecule has 4 nitrogen and oxygen atoms in total. The number of benzene rings is 1. The van der Waals surface area contributed by atoms with E-state index in [4.69, 9.17) is 4.74 Å². The smallest absolute Gasteiger partial charge is 0.119 e.